The van der Waals surface area contributed by atoms with E-state index in [0.29, 0.717) is 17.9 Å². The molecule has 0 aliphatic heterocycles. The Bertz CT molecular complexity index is 2100. The number of aromatic nitrogens is 4. The monoisotopic (exact) mass is 582 g/mol. The number of aromatic amines is 1. The third-order valence-corrected chi connectivity index (χ3v) is 7.17. The molecule has 3 aromatic carbocycles. The first-order valence-corrected chi connectivity index (χ1v) is 14.0. The fraction of sp³-hybridized carbons (Fsp3) is 0.0882. The Morgan fingerprint density at radius 3 is 2.55 bits per heavy atom. The van der Waals surface area contributed by atoms with E-state index in [1.54, 1.807) is 12.4 Å². The lowest BCUT2D eigenvalue weighted by molar-refractivity contribution is -0.123. The van der Waals surface area contributed by atoms with Gasteiger partial charge in [0.05, 0.1) is 6.54 Å². The van der Waals surface area contributed by atoms with Gasteiger partial charge < -0.3 is 24.8 Å². The van der Waals surface area contributed by atoms with Crippen molar-refractivity contribution in [1.29, 1.82) is 0 Å². The SMILES string of the molecule is O=C(COc1cc(C(=O)NCc2ccc3oc4ccccc4c3c2)nc(-c2ccccc2)n1)NCc1cc2cnccc2[nH]1. The van der Waals surface area contributed by atoms with E-state index in [1.165, 1.54) is 6.07 Å². The number of para-hydroxylation sites is 1. The second kappa shape index (κ2) is 11.7. The number of benzene rings is 3. The average Bonchev–Trinajstić information content (AvgIpc) is 3.66. The fourth-order valence-corrected chi connectivity index (χ4v) is 5.00. The van der Waals surface area contributed by atoms with Crippen molar-refractivity contribution >= 4 is 44.7 Å². The maximum absolute atomic E-state index is 13.3. The highest BCUT2D eigenvalue weighted by Gasteiger charge is 2.16. The highest BCUT2D eigenvalue weighted by molar-refractivity contribution is 6.05. The summed E-state index contributed by atoms with van der Waals surface area (Å²) < 4.78 is 11.6. The zero-order chi connectivity index (χ0) is 29.9. The van der Waals surface area contributed by atoms with Crippen LogP contribution in [0.15, 0.2) is 108 Å². The first-order valence-electron chi connectivity index (χ1n) is 14.0. The lowest BCUT2D eigenvalue weighted by Crippen LogP contribution is -2.29. The van der Waals surface area contributed by atoms with E-state index >= 15 is 0 Å². The lowest BCUT2D eigenvalue weighted by atomic mass is 10.1. The van der Waals surface area contributed by atoms with Crippen LogP contribution in [0.4, 0.5) is 0 Å². The maximum Gasteiger partial charge on any atom is 0.270 e. The molecular formula is C34H26N6O4. The molecule has 10 heteroatoms. The van der Waals surface area contributed by atoms with Gasteiger partial charge in [-0.2, -0.15) is 4.98 Å². The van der Waals surface area contributed by atoms with Gasteiger partial charge in [-0.1, -0.05) is 54.6 Å². The standard InChI is InChI=1S/C34H26N6O4/c41-31(36-19-24-15-23-18-35-13-12-27(23)38-24)20-43-32-16-28(39-33(40-32)22-6-2-1-3-7-22)34(42)37-17-21-10-11-30-26(14-21)25-8-4-5-9-29(25)44-30/h1-16,18,38H,17,19-20H2,(H,36,41)(H,37,42). The van der Waals surface area contributed by atoms with Crippen molar-refractivity contribution in [3.8, 4) is 17.3 Å². The second-order valence-electron chi connectivity index (χ2n) is 10.2. The lowest BCUT2D eigenvalue weighted by Gasteiger charge is -2.11. The van der Waals surface area contributed by atoms with Gasteiger partial charge in [-0.05, 0) is 35.9 Å². The molecule has 2 amide bonds. The number of furan rings is 1. The first-order chi connectivity index (χ1) is 21.6. The number of H-pyrrole nitrogens is 1. The molecule has 0 spiro atoms. The third-order valence-electron chi connectivity index (χ3n) is 7.17. The minimum absolute atomic E-state index is 0.113. The molecule has 4 aromatic heterocycles. The van der Waals surface area contributed by atoms with Gasteiger partial charge in [0.15, 0.2) is 12.4 Å². The van der Waals surface area contributed by atoms with Crippen molar-refractivity contribution in [2.24, 2.45) is 0 Å². The minimum Gasteiger partial charge on any atom is -0.467 e. The normalized spacial score (nSPS) is 11.2. The summed E-state index contributed by atoms with van der Waals surface area (Å²) in [7, 11) is 0. The van der Waals surface area contributed by atoms with Crippen LogP contribution in [0.1, 0.15) is 21.7 Å². The number of fused-ring (bicyclic) bond motifs is 4. The van der Waals surface area contributed by atoms with Gasteiger partial charge in [-0.25, -0.2) is 4.98 Å². The Morgan fingerprint density at radius 1 is 0.818 bits per heavy atom. The minimum atomic E-state index is -0.399. The summed E-state index contributed by atoms with van der Waals surface area (Å²) in [6.07, 6.45) is 3.46. The highest BCUT2D eigenvalue weighted by Crippen LogP contribution is 2.29. The molecule has 7 aromatic rings. The summed E-state index contributed by atoms with van der Waals surface area (Å²) >= 11 is 0. The smallest absolute Gasteiger partial charge is 0.270 e. The van der Waals surface area contributed by atoms with Crippen LogP contribution in [0.2, 0.25) is 0 Å². The number of nitrogens with one attached hydrogen (secondary N) is 3. The predicted molar refractivity (Wildman–Crippen MR) is 166 cm³/mol. The Morgan fingerprint density at radius 2 is 1.66 bits per heavy atom. The van der Waals surface area contributed by atoms with Crippen LogP contribution in [0.25, 0.3) is 44.2 Å². The van der Waals surface area contributed by atoms with E-state index in [0.717, 1.165) is 44.1 Å². The molecule has 0 saturated carbocycles. The Labute approximate surface area is 251 Å². The number of hydrogen-bond acceptors (Lipinski definition) is 7. The number of rotatable bonds is 9. The average molecular weight is 583 g/mol. The summed E-state index contributed by atoms with van der Waals surface area (Å²) in [6.45, 7) is 0.290. The van der Waals surface area contributed by atoms with Crippen molar-refractivity contribution in [2.75, 3.05) is 6.61 Å². The largest absolute Gasteiger partial charge is 0.467 e. The van der Waals surface area contributed by atoms with Crippen LogP contribution in [0.5, 0.6) is 5.88 Å². The van der Waals surface area contributed by atoms with Crippen molar-refractivity contribution in [3.63, 3.8) is 0 Å². The summed E-state index contributed by atoms with van der Waals surface area (Å²) in [5.41, 5.74) is 5.13. The molecular weight excluding hydrogens is 556 g/mol. The zero-order valence-corrected chi connectivity index (χ0v) is 23.4. The molecule has 0 radical (unpaired) electrons. The van der Waals surface area contributed by atoms with Crippen LogP contribution in [0.3, 0.4) is 0 Å². The van der Waals surface area contributed by atoms with Crippen LogP contribution >= 0.6 is 0 Å². The van der Waals surface area contributed by atoms with Crippen molar-refractivity contribution in [3.05, 3.63) is 120 Å². The molecule has 0 unspecified atom stereocenters. The van der Waals surface area contributed by atoms with Crippen LogP contribution in [0, 0.1) is 0 Å². The number of amides is 2. The topological polar surface area (TPSA) is 135 Å². The molecule has 0 bridgehead atoms. The quantitative estimate of drug-likeness (QED) is 0.203. The fourth-order valence-electron chi connectivity index (χ4n) is 5.00. The van der Waals surface area contributed by atoms with Crippen molar-refractivity contribution in [1.82, 2.24) is 30.6 Å². The molecule has 44 heavy (non-hydrogen) atoms. The zero-order valence-electron chi connectivity index (χ0n) is 23.4. The number of carbonyl (C=O) groups is 2. The summed E-state index contributed by atoms with van der Waals surface area (Å²) in [4.78, 5) is 42.2. The van der Waals surface area contributed by atoms with Gasteiger partial charge in [-0.15, -0.1) is 0 Å². The molecule has 10 nitrogen and oxygen atoms in total. The number of ether oxygens (including phenoxy) is 1. The highest BCUT2D eigenvalue weighted by atomic mass is 16.5. The number of carbonyl (C=O) groups excluding carboxylic acids is 2. The number of hydrogen-bond donors (Lipinski definition) is 3. The third kappa shape index (κ3) is 5.68. The molecule has 4 heterocycles. The molecule has 0 fully saturated rings. The molecule has 0 aliphatic carbocycles. The molecule has 0 saturated heterocycles. The van der Waals surface area contributed by atoms with Crippen LogP contribution in [-0.4, -0.2) is 38.4 Å². The summed E-state index contributed by atoms with van der Waals surface area (Å²) in [6, 6.07) is 28.2. The Hall–Kier alpha value is -6.03. The van der Waals surface area contributed by atoms with Crippen molar-refractivity contribution in [2.45, 2.75) is 13.1 Å². The van der Waals surface area contributed by atoms with Gasteiger partial charge in [0.2, 0.25) is 5.88 Å². The number of pyridine rings is 1. The first kappa shape index (κ1) is 26.8. The Balaban J connectivity index is 1.05. The van der Waals surface area contributed by atoms with Crippen LogP contribution in [-0.2, 0) is 17.9 Å². The second-order valence-corrected chi connectivity index (χ2v) is 10.2. The maximum atomic E-state index is 13.3. The molecule has 0 aliphatic rings. The van der Waals surface area contributed by atoms with E-state index in [4.69, 9.17) is 9.15 Å². The van der Waals surface area contributed by atoms with E-state index < -0.39 is 5.91 Å². The summed E-state index contributed by atoms with van der Waals surface area (Å²) in [5.74, 6) is -0.312. The van der Waals surface area contributed by atoms with E-state index in [2.05, 4.69) is 30.6 Å². The van der Waals surface area contributed by atoms with Crippen LogP contribution < -0.4 is 15.4 Å². The van der Waals surface area contributed by atoms with Gasteiger partial charge >= 0.3 is 0 Å². The molecule has 7 rings (SSSR count). The molecule has 0 atom stereocenters. The summed E-state index contributed by atoms with van der Waals surface area (Å²) in [5, 5.41) is 8.73. The molecule has 3 N–H and O–H groups in total. The predicted octanol–water partition coefficient (Wildman–Crippen LogP) is 5.54. The van der Waals surface area contributed by atoms with Crippen molar-refractivity contribution < 1.29 is 18.7 Å². The van der Waals surface area contributed by atoms with Gasteiger partial charge in [-0.3, -0.25) is 14.6 Å². The Kier molecular flexibility index (Phi) is 7.13. The van der Waals surface area contributed by atoms with E-state index in [1.807, 2.05) is 84.9 Å². The number of nitrogens with zero attached hydrogens (tertiary/aromatic N) is 3. The van der Waals surface area contributed by atoms with Gasteiger partial charge in [0, 0.05) is 57.9 Å². The molecule has 216 valence electrons. The van der Waals surface area contributed by atoms with Gasteiger partial charge in [0.25, 0.3) is 11.8 Å². The van der Waals surface area contributed by atoms with E-state index in [9.17, 15) is 9.59 Å². The van der Waals surface area contributed by atoms with Gasteiger partial charge in [0.1, 0.15) is 16.9 Å². The van der Waals surface area contributed by atoms with E-state index in [-0.39, 0.29) is 30.6 Å².